The van der Waals surface area contributed by atoms with Crippen LogP contribution in [0.5, 0.6) is 0 Å². The molecule has 0 atom stereocenters. The lowest BCUT2D eigenvalue weighted by Gasteiger charge is -2.31. The molecule has 0 bridgehead atoms. The minimum Gasteiger partial charge on any atom is -0.366 e. The zero-order chi connectivity index (χ0) is 16.2. The summed E-state index contributed by atoms with van der Waals surface area (Å²) in [5.74, 6) is 0.350. The quantitative estimate of drug-likeness (QED) is 0.938. The minimum absolute atomic E-state index is 0.157. The molecule has 120 valence electrons. The second kappa shape index (κ2) is 6.96. The summed E-state index contributed by atoms with van der Waals surface area (Å²) in [5, 5.41) is 1.94. The third-order valence-corrected chi connectivity index (χ3v) is 5.25. The molecule has 0 saturated carbocycles. The van der Waals surface area contributed by atoms with Gasteiger partial charge in [-0.2, -0.15) is 0 Å². The number of nitrogens with zero attached hydrogens (tertiary/aromatic N) is 1. The molecule has 1 aliphatic heterocycles. The highest BCUT2D eigenvalue weighted by molar-refractivity contribution is 7.12. The number of hydrogen-bond donors (Lipinski definition) is 1. The summed E-state index contributed by atoms with van der Waals surface area (Å²) in [7, 11) is 0. The van der Waals surface area contributed by atoms with Crippen molar-refractivity contribution in [2.24, 2.45) is 11.7 Å². The first kappa shape index (κ1) is 15.7. The molecule has 0 aliphatic carbocycles. The largest absolute Gasteiger partial charge is 0.366 e. The molecule has 23 heavy (non-hydrogen) atoms. The number of benzene rings is 1. The van der Waals surface area contributed by atoms with Crippen molar-refractivity contribution in [3.63, 3.8) is 0 Å². The molecular formula is C18H20N2O2S. The van der Waals surface area contributed by atoms with Crippen molar-refractivity contribution in [1.82, 2.24) is 4.90 Å². The number of nitrogens with two attached hydrogens (primary N) is 1. The molecule has 1 saturated heterocycles. The lowest BCUT2D eigenvalue weighted by atomic mass is 9.90. The van der Waals surface area contributed by atoms with Crippen LogP contribution in [0.3, 0.4) is 0 Å². The van der Waals surface area contributed by atoms with Crippen LogP contribution in [0, 0.1) is 5.92 Å². The number of rotatable bonds is 4. The number of carbonyl (C=O) groups is 2. The zero-order valence-corrected chi connectivity index (χ0v) is 13.7. The van der Waals surface area contributed by atoms with E-state index in [-0.39, 0.29) is 5.91 Å². The minimum atomic E-state index is -0.392. The fraction of sp³-hybridized carbons (Fsp3) is 0.333. The summed E-state index contributed by atoms with van der Waals surface area (Å²) in [4.78, 5) is 26.2. The van der Waals surface area contributed by atoms with Gasteiger partial charge >= 0.3 is 0 Å². The summed E-state index contributed by atoms with van der Waals surface area (Å²) in [6, 6.07) is 11.3. The molecule has 1 aromatic heterocycles. The Bertz CT molecular complexity index is 672. The van der Waals surface area contributed by atoms with E-state index in [0.717, 1.165) is 37.2 Å². The number of primary amides is 1. The number of likely N-dealkylation sites (tertiary alicyclic amines) is 1. The molecule has 1 aromatic carbocycles. The topological polar surface area (TPSA) is 63.4 Å². The second-order valence-electron chi connectivity index (χ2n) is 5.98. The number of carbonyl (C=O) groups excluding carboxylic acids is 2. The van der Waals surface area contributed by atoms with Gasteiger partial charge in [-0.3, -0.25) is 9.59 Å². The van der Waals surface area contributed by atoms with E-state index in [4.69, 9.17) is 5.73 Å². The predicted molar refractivity (Wildman–Crippen MR) is 91.6 cm³/mol. The van der Waals surface area contributed by atoms with Crippen LogP contribution in [0.2, 0.25) is 0 Å². The smallest absolute Gasteiger partial charge is 0.263 e. The van der Waals surface area contributed by atoms with Gasteiger partial charge in [0, 0.05) is 18.7 Å². The van der Waals surface area contributed by atoms with Crippen molar-refractivity contribution in [1.29, 1.82) is 0 Å². The molecule has 0 radical (unpaired) electrons. The normalized spacial score (nSPS) is 15.6. The van der Waals surface area contributed by atoms with Crippen LogP contribution in [-0.2, 0) is 6.42 Å². The van der Waals surface area contributed by atoms with Crippen LogP contribution in [0.1, 0.15) is 38.4 Å². The first-order valence-corrected chi connectivity index (χ1v) is 8.73. The summed E-state index contributed by atoms with van der Waals surface area (Å²) < 4.78 is 0. The van der Waals surface area contributed by atoms with E-state index in [1.165, 1.54) is 16.9 Å². The Morgan fingerprint density at radius 3 is 2.39 bits per heavy atom. The van der Waals surface area contributed by atoms with Gasteiger partial charge < -0.3 is 10.6 Å². The standard InChI is InChI=1S/C18H20N2O2S/c19-17(21)15-5-3-13(4-6-15)12-14-7-9-20(10-8-14)18(22)16-2-1-11-23-16/h1-6,11,14H,7-10,12H2,(H2,19,21). The van der Waals surface area contributed by atoms with Gasteiger partial charge in [0.25, 0.3) is 5.91 Å². The van der Waals surface area contributed by atoms with Crippen molar-refractivity contribution in [2.45, 2.75) is 19.3 Å². The van der Waals surface area contributed by atoms with E-state index in [2.05, 4.69) is 0 Å². The van der Waals surface area contributed by atoms with Crippen molar-refractivity contribution in [3.8, 4) is 0 Å². The van der Waals surface area contributed by atoms with E-state index in [1.807, 2.05) is 34.5 Å². The van der Waals surface area contributed by atoms with Crippen LogP contribution in [0.15, 0.2) is 41.8 Å². The van der Waals surface area contributed by atoms with E-state index in [9.17, 15) is 9.59 Å². The maximum Gasteiger partial charge on any atom is 0.263 e. The monoisotopic (exact) mass is 328 g/mol. The number of piperidine rings is 1. The van der Waals surface area contributed by atoms with Crippen LogP contribution in [0.4, 0.5) is 0 Å². The van der Waals surface area contributed by atoms with Gasteiger partial charge in [0.2, 0.25) is 5.91 Å². The Labute approximate surface area is 139 Å². The molecule has 1 aliphatic rings. The number of thiophene rings is 1. The van der Waals surface area contributed by atoms with Crippen LogP contribution >= 0.6 is 11.3 Å². The van der Waals surface area contributed by atoms with Crippen LogP contribution in [-0.4, -0.2) is 29.8 Å². The summed E-state index contributed by atoms with van der Waals surface area (Å²) in [6.07, 6.45) is 3.03. The fourth-order valence-corrected chi connectivity index (χ4v) is 3.73. The van der Waals surface area contributed by atoms with Gasteiger partial charge in [0.15, 0.2) is 0 Å². The average molecular weight is 328 g/mol. The number of hydrogen-bond acceptors (Lipinski definition) is 3. The van der Waals surface area contributed by atoms with Gasteiger partial charge in [0.05, 0.1) is 4.88 Å². The van der Waals surface area contributed by atoms with Crippen molar-refractivity contribution in [3.05, 3.63) is 57.8 Å². The molecule has 0 spiro atoms. The van der Waals surface area contributed by atoms with E-state index in [1.54, 1.807) is 12.1 Å². The average Bonchev–Trinajstić information content (AvgIpc) is 3.10. The summed E-state index contributed by atoms with van der Waals surface area (Å²) in [5.41, 5.74) is 7.02. The number of amides is 2. The van der Waals surface area contributed by atoms with Gasteiger partial charge in [-0.25, -0.2) is 0 Å². The van der Waals surface area contributed by atoms with Gasteiger partial charge in [-0.1, -0.05) is 18.2 Å². The maximum atomic E-state index is 12.3. The Morgan fingerprint density at radius 1 is 1.13 bits per heavy atom. The molecule has 2 N–H and O–H groups in total. The third-order valence-electron chi connectivity index (χ3n) is 4.40. The molecule has 4 nitrogen and oxygen atoms in total. The van der Waals surface area contributed by atoms with E-state index < -0.39 is 5.91 Å². The van der Waals surface area contributed by atoms with Crippen LogP contribution < -0.4 is 5.73 Å². The first-order valence-electron chi connectivity index (χ1n) is 7.85. The Balaban J connectivity index is 1.53. The Morgan fingerprint density at radius 2 is 1.83 bits per heavy atom. The highest BCUT2D eigenvalue weighted by atomic mass is 32.1. The van der Waals surface area contributed by atoms with E-state index >= 15 is 0 Å². The molecule has 5 heteroatoms. The molecule has 2 amide bonds. The maximum absolute atomic E-state index is 12.3. The summed E-state index contributed by atoms with van der Waals surface area (Å²) in [6.45, 7) is 1.64. The van der Waals surface area contributed by atoms with Gasteiger partial charge in [-0.05, 0) is 54.3 Å². The summed E-state index contributed by atoms with van der Waals surface area (Å²) >= 11 is 1.50. The predicted octanol–water partition coefficient (Wildman–Crippen LogP) is 2.94. The first-order chi connectivity index (χ1) is 11.1. The van der Waals surface area contributed by atoms with Crippen molar-refractivity contribution in [2.75, 3.05) is 13.1 Å². The van der Waals surface area contributed by atoms with Crippen molar-refractivity contribution < 1.29 is 9.59 Å². The molecule has 2 aromatic rings. The molecule has 1 fully saturated rings. The molecular weight excluding hydrogens is 308 g/mol. The van der Waals surface area contributed by atoms with Crippen LogP contribution in [0.25, 0.3) is 0 Å². The molecule has 3 rings (SSSR count). The SMILES string of the molecule is NC(=O)c1ccc(CC2CCN(C(=O)c3cccs3)CC2)cc1. The highest BCUT2D eigenvalue weighted by Crippen LogP contribution is 2.24. The Kier molecular flexibility index (Phi) is 4.76. The highest BCUT2D eigenvalue weighted by Gasteiger charge is 2.24. The molecule has 2 heterocycles. The second-order valence-corrected chi connectivity index (χ2v) is 6.93. The zero-order valence-electron chi connectivity index (χ0n) is 12.9. The molecule has 0 unspecified atom stereocenters. The third kappa shape index (κ3) is 3.79. The fourth-order valence-electron chi connectivity index (χ4n) is 3.03. The van der Waals surface area contributed by atoms with Gasteiger partial charge in [0.1, 0.15) is 0 Å². The Hall–Kier alpha value is -2.14. The van der Waals surface area contributed by atoms with E-state index in [0.29, 0.717) is 11.5 Å². The van der Waals surface area contributed by atoms with Crippen molar-refractivity contribution >= 4 is 23.2 Å². The lowest BCUT2D eigenvalue weighted by molar-refractivity contribution is 0.0695. The lowest BCUT2D eigenvalue weighted by Crippen LogP contribution is -2.38. The van der Waals surface area contributed by atoms with Gasteiger partial charge in [-0.15, -0.1) is 11.3 Å².